The number of benzene rings is 4. The molecule has 0 saturated heterocycles. The zero-order valence-corrected chi connectivity index (χ0v) is 33.7. The van der Waals surface area contributed by atoms with Gasteiger partial charge in [-0.3, -0.25) is 19.2 Å². The van der Waals surface area contributed by atoms with Crippen molar-refractivity contribution in [2.45, 2.75) is 58.7 Å². The number of carbonyl (C=O) groups excluding carboxylic acids is 4. The van der Waals surface area contributed by atoms with E-state index in [1.807, 2.05) is 60.7 Å². The molecule has 4 aromatic carbocycles. The van der Waals surface area contributed by atoms with Crippen molar-refractivity contribution in [3.05, 3.63) is 144 Å². The fraction of sp³-hybridized carbons (Fsp3) is 0.364. The van der Waals surface area contributed by atoms with Gasteiger partial charge in [0.2, 0.25) is 0 Å². The molecule has 0 atom stereocenters. The van der Waals surface area contributed by atoms with Crippen LogP contribution in [0.4, 0.5) is 0 Å². The second-order valence-corrected chi connectivity index (χ2v) is 12.4. The van der Waals surface area contributed by atoms with Gasteiger partial charge in [0.25, 0.3) is 0 Å². The minimum atomic E-state index is -1.54. The highest BCUT2D eigenvalue weighted by Crippen LogP contribution is 2.32. The van der Waals surface area contributed by atoms with E-state index >= 15 is 0 Å². The van der Waals surface area contributed by atoms with Crippen LogP contribution in [0.1, 0.15) is 62.3 Å². The average molecular weight is 822 g/mol. The molecule has 4 aromatic rings. The molecule has 0 unspecified atom stereocenters. The summed E-state index contributed by atoms with van der Waals surface area (Å²) < 4.78 is 31.3. The van der Waals surface area contributed by atoms with Crippen LogP contribution in [-0.4, -0.2) is 68.8 Å². The summed E-state index contributed by atoms with van der Waals surface area (Å²) in [6, 6.07) is 37.5. The van der Waals surface area contributed by atoms with Gasteiger partial charge in [0.05, 0.1) is 46.2 Å². The number of hydrogen-bond acceptors (Lipinski definition) is 10. The third-order valence-corrected chi connectivity index (χ3v) is 8.08. The average Bonchev–Trinajstić information content (AvgIpc) is 3.21. The molecule has 0 aromatic heterocycles. The molecule has 11 heteroatoms. The Bertz CT molecular complexity index is 1600. The van der Waals surface area contributed by atoms with E-state index in [4.69, 9.17) is 28.4 Å². The number of rotatable bonds is 19. The van der Waals surface area contributed by atoms with Crippen molar-refractivity contribution in [1.82, 2.24) is 0 Å². The van der Waals surface area contributed by atoms with Crippen LogP contribution in [0.25, 0.3) is 0 Å². The van der Waals surface area contributed by atoms with Crippen molar-refractivity contribution in [3.63, 3.8) is 0 Å². The van der Waals surface area contributed by atoms with Crippen molar-refractivity contribution in [1.29, 1.82) is 0 Å². The maximum absolute atomic E-state index is 12.9. The van der Waals surface area contributed by atoms with Crippen LogP contribution in [0, 0.1) is 0 Å². The Morgan fingerprint density at radius 2 is 0.909 bits per heavy atom. The van der Waals surface area contributed by atoms with E-state index in [-0.39, 0.29) is 39.5 Å². The molecule has 0 radical (unpaired) electrons. The Morgan fingerprint density at radius 3 is 1.31 bits per heavy atom. The standard InChI is InChI=1S/C22H26O5.C13H16O4.C9H11BrO/c1-3-26-20(23)22(21(24)27-4-2,19-13-9-6-10-14-19)15-16-25-17-18-11-7-5-8-12-18;1-3-16-12(14)11(13(15)17-4-2)10-8-6-5-7-9-10;10-6-7-11-8-9-4-2-1-3-5-9/h5-14H,3-4,15-17H2,1-2H3;5-9,11H,3-4H2,1-2H3;1-5H,6-8H2. The van der Waals surface area contributed by atoms with E-state index < -0.39 is 35.2 Å². The first-order valence-corrected chi connectivity index (χ1v) is 19.5. The van der Waals surface area contributed by atoms with Crippen molar-refractivity contribution in [2.24, 2.45) is 0 Å². The van der Waals surface area contributed by atoms with E-state index in [9.17, 15) is 19.2 Å². The Hall–Kier alpha value is -4.84. The molecule has 55 heavy (non-hydrogen) atoms. The van der Waals surface area contributed by atoms with Crippen LogP contribution in [0.2, 0.25) is 0 Å². The Morgan fingerprint density at radius 1 is 0.527 bits per heavy atom. The Labute approximate surface area is 333 Å². The van der Waals surface area contributed by atoms with Crippen molar-refractivity contribution in [3.8, 4) is 0 Å². The molecule has 0 saturated carbocycles. The third-order valence-electron chi connectivity index (χ3n) is 7.76. The van der Waals surface area contributed by atoms with Gasteiger partial charge < -0.3 is 28.4 Å². The SMILES string of the molecule is BrCCOCc1ccccc1.CCOC(=O)C(C(=O)OCC)c1ccccc1.CCOC(=O)C(CCOCc1ccccc1)(C(=O)OCC)c1ccccc1. The lowest BCUT2D eigenvalue weighted by atomic mass is 9.77. The number of hydrogen-bond donors (Lipinski definition) is 0. The molecule has 296 valence electrons. The molecule has 4 rings (SSSR count). The summed E-state index contributed by atoms with van der Waals surface area (Å²) in [5, 5.41) is 0.903. The molecule has 0 N–H and O–H groups in total. The zero-order valence-electron chi connectivity index (χ0n) is 32.2. The van der Waals surface area contributed by atoms with E-state index in [1.54, 1.807) is 76.2 Å². The highest BCUT2D eigenvalue weighted by atomic mass is 79.9. The Balaban J connectivity index is 0.000000317. The van der Waals surface area contributed by atoms with E-state index in [0.29, 0.717) is 24.3 Å². The predicted octanol–water partition coefficient (Wildman–Crippen LogP) is 8.15. The molecule has 0 fully saturated rings. The lowest BCUT2D eigenvalue weighted by molar-refractivity contribution is -0.166. The first-order valence-electron chi connectivity index (χ1n) is 18.4. The van der Waals surface area contributed by atoms with Gasteiger partial charge >= 0.3 is 23.9 Å². The number of ether oxygens (including phenoxy) is 6. The summed E-state index contributed by atoms with van der Waals surface area (Å²) in [7, 11) is 0. The van der Waals surface area contributed by atoms with Crippen LogP contribution in [0.15, 0.2) is 121 Å². The highest BCUT2D eigenvalue weighted by Gasteiger charge is 2.50. The largest absolute Gasteiger partial charge is 0.465 e. The smallest absolute Gasteiger partial charge is 0.328 e. The zero-order chi connectivity index (χ0) is 40.2. The van der Waals surface area contributed by atoms with E-state index in [0.717, 1.165) is 17.5 Å². The van der Waals surface area contributed by atoms with Gasteiger partial charge in [-0.05, 0) is 49.9 Å². The van der Waals surface area contributed by atoms with E-state index in [2.05, 4.69) is 28.1 Å². The van der Waals surface area contributed by atoms with Gasteiger partial charge in [-0.2, -0.15) is 0 Å². The predicted molar refractivity (Wildman–Crippen MR) is 214 cm³/mol. The quantitative estimate of drug-likeness (QED) is 0.0301. The van der Waals surface area contributed by atoms with Gasteiger partial charge in [0.15, 0.2) is 11.3 Å². The summed E-state index contributed by atoms with van der Waals surface area (Å²) >= 11 is 3.30. The fourth-order valence-electron chi connectivity index (χ4n) is 5.17. The topological polar surface area (TPSA) is 124 Å². The van der Waals surface area contributed by atoms with Crippen LogP contribution < -0.4 is 0 Å². The maximum Gasteiger partial charge on any atom is 0.328 e. The molecule has 0 heterocycles. The van der Waals surface area contributed by atoms with Crippen LogP contribution in [0.5, 0.6) is 0 Å². The molecular formula is C44H53BrO10. The molecule has 0 amide bonds. The minimum Gasteiger partial charge on any atom is -0.465 e. The molecule has 10 nitrogen and oxygen atoms in total. The summed E-state index contributed by atoms with van der Waals surface area (Å²) in [6.45, 7) is 9.75. The number of esters is 4. The fourth-order valence-corrected chi connectivity index (χ4v) is 5.40. The second-order valence-electron chi connectivity index (χ2n) is 11.6. The van der Waals surface area contributed by atoms with Gasteiger partial charge in [-0.1, -0.05) is 137 Å². The molecular weight excluding hydrogens is 768 g/mol. The summed E-state index contributed by atoms with van der Waals surface area (Å²) in [6.07, 6.45) is 0.140. The lowest BCUT2D eigenvalue weighted by Gasteiger charge is -2.29. The molecule has 0 bridgehead atoms. The number of alkyl halides is 1. The first-order chi connectivity index (χ1) is 26.8. The first kappa shape index (κ1) is 46.3. The summed E-state index contributed by atoms with van der Waals surface area (Å²) in [5.41, 5.74) is 1.85. The summed E-state index contributed by atoms with van der Waals surface area (Å²) in [5.74, 6) is -3.36. The van der Waals surface area contributed by atoms with Gasteiger partial charge in [-0.25, -0.2) is 0 Å². The molecule has 0 spiro atoms. The van der Waals surface area contributed by atoms with Crippen LogP contribution in [0.3, 0.4) is 0 Å². The second kappa shape index (κ2) is 27.7. The van der Waals surface area contributed by atoms with Gasteiger partial charge in [0.1, 0.15) is 0 Å². The monoisotopic (exact) mass is 820 g/mol. The number of halogens is 1. The maximum atomic E-state index is 12.9. The lowest BCUT2D eigenvalue weighted by Crippen LogP contribution is -2.47. The molecule has 0 aliphatic carbocycles. The van der Waals surface area contributed by atoms with Crippen LogP contribution in [-0.2, 0) is 66.2 Å². The van der Waals surface area contributed by atoms with Crippen molar-refractivity contribution >= 4 is 39.8 Å². The third kappa shape index (κ3) is 16.2. The number of carbonyl (C=O) groups is 4. The highest BCUT2D eigenvalue weighted by molar-refractivity contribution is 9.09. The van der Waals surface area contributed by atoms with Gasteiger partial charge in [0, 0.05) is 18.4 Å². The Kier molecular flexibility index (Phi) is 23.3. The van der Waals surface area contributed by atoms with Gasteiger partial charge in [-0.15, -0.1) is 0 Å². The van der Waals surface area contributed by atoms with Crippen molar-refractivity contribution in [2.75, 3.05) is 45.0 Å². The molecule has 0 aliphatic heterocycles. The normalized spacial score (nSPS) is 10.5. The van der Waals surface area contributed by atoms with Crippen molar-refractivity contribution < 1.29 is 47.6 Å². The minimum absolute atomic E-state index is 0.140. The van der Waals surface area contributed by atoms with E-state index in [1.165, 1.54) is 5.56 Å². The summed E-state index contributed by atoms with van der Waals surface area (Å²) in [4.78, 5) is 49.2. The molecule has 0 aliphatic rings. The van der Waals surface area contributed by atoms with Crippen LogP contribution >= 0.6 is 15.9 Å².